The van der Waals surface area contributed by atoms with Crippen LogP contribution in [-0.4, -0.2) is 33.0 Å². The van der Waals surface area contributed by atoms with Gasteiger partial charge in [-0.3, -0.25) is 4.68 Å². The van der Waals surface area contributed by atoms with Gasteiger partial charge in [0.15, 0.2) is 0 Å². The summed E-state index contributed by atoms with van der Waals surface area (Å²) < 4.78 is 21.5. The van der Waals surface area contributed by atoms with Gasteiger partial charge in [-0.25, -0.2) is 14.4 Å². The summed E-state index contributed by atoms with van der Waals surface area (Å²) in [7, 11) is 1.87. The normalized spacial score (nSPS) is 14.9. The van der Waals surface area contributed by atoms with Crippen LogP contribution in [0.25, 0.3) is 0 Å². The first-order valence-corrected chi connectivity index (χ1v) is 9.31. The van der Waals surface area contributed by atoms with Gasteiger partial charge in [0.2, 0.25) is 0 Å². The largest absolute Gasteiger partial charge is 0.399 e. The summed E-state index contributed by atoms with van der Waals surface area (Å²) in [6.45, 7) is 1.41. The van der Waals surface area contributed by atoms with E-state index in [2.05, 4.69) is 15.4 Å². The zero-order chi connectivity index (χ0) is 19.5. The molecule has 0 aliphatic carbocycles. The molecule has 3 aromatic rings. The molecule has 7 nitrogen and oxygen atoms in total. The molecule has 0 atom stereocenters. The number of nitrogen functional groups attached to an aromatic ring is 1. The van der Waals surface area contributed by atoms with E-state index in [1.165, 1.54) is 12.1 Å². The molecule has 1 aliphatic rings. The van der Waals surface area contributed by atoms with Crippen molar-refractivity contribution < 1.29 is 9.13 Å². The van der Waals surface area contributed by atoms with Gasteiger partial charge in [0.05, 0.1) is 11.9 Å². The third-order valence-electron chi connectivity index (χ3n) is 4.89. The van der Waals surface area contributed by atoms with Gasteiger partial charge in [-0.1, -0.05) is 0 Å². The molecular formula is C20H23FN6O. The van der Waals surface area contributed by atoms with Gasteiger partial charge in [0.1, 0.15) is 17.5 Å². The molecule has 28 heavy (non-hydrogen) atoms. The lowest BCUT2D eigenvalue weighted by Gasteiger charge is -2.24. The SMILES string of the molecule is Cn1cc(Cc2ncc(C3CCOCC3)c(Nc3cc(N)ccc3F)n2)cn1. The van der Waals surface area contributed by atoms with E-state index < -0.39 is 0 Å². The average Bonchev–Trinajstić information content (AvgIpc) is 3.10. The Morgan fingerprint density at radius 2 is 2.11 bits per heavy atom. The van der Waals surface area contributed by atoms with Crippen molar-refractivity contribution in [3.8, 4) is 0 Å². The molecule has 0 unspecified atom stereocenters. The van der Waals surface area contributed by atoms with Crippen LogP contribution in [0.5, 0.6) is 0 Å². The highest BCUT2D eigenvalue weighted by molar-refractivity contribution is 5.64. The van der Waals surface area contributed by atoms with Crippen molar-refractivity contribution in [3.05, 3.63) is 59.6 Å². The Morgan fingerprint density at radius 3 is 2.86 bits per heavy atom. The van der Waals surface area contributed by atoms with Gasteiger partial charge in [-0.2, -0.15) is 5.10 Å². The Morgan fingerprint density at radius 1 is 1.29 bits per heavy atom. The number of nitrogens with zero attached hydrogens (tertiary/aromatic N) is 4. The lowest BCUT2D eigenvalue weighted by molar-refractivity contribution is 0.0853. The maximum Gasteiger partial charge on any atom is 0.146 e. The minimum atomic E-state index is -0.375. The summed E-state index contributed by atoms with van der Waals surface area (Å²) in [6, 6.07) is 4.46. The summed E-state index contributed by atoms with van der Waals surface area (Å²) >= 11 is 0. The Hall–Kier alpha value is -3.00. The first-order chi connectivity index (χ1) is 13.6. The fraction of sp³-hybridized carbons (Fsp3) is 0.350. The summed E-state index contributed by atoms with van der Waals surface area (Å²) in [5.74, 6) is 1.16. The van der Waals surface area contributed by atoms with Crippen LogP contribution >= 0.6 is 0 Å². The van der Waals surface area contributed by atoms with Crippen molar-refractivity contribution in [2.45, 2.75) is 25.2 Å². The highest BCUT2D eigenvalue weighted by atomic mass is 19.1. The molecule has 1 aliphatic heterocycles. The Bertz CT molecular complexity index is 967. The van der Waals surface area contributed by atoms with Crippen LogP contribution in [0.1, 0.15) is 35.7 Å². The molecule has 1 aromatic carbocycles. The number of ether oxygens (including phenoxy) is 1. The van der Waals surface area contributed by atoms with E-state index in [0.29, 0.717) is 42.7 Å². The van der Waals surface area contributed by atoms with Crippen LogP contribution in [0.2, 0.25) is 0 Å². The Labute approximate surface area is 162 Å². The van der Waals surface area contributed by atoms with Gasteiger partial charge in [0, 0.05) is 50.3 Å². The van der Waals surface area contributed by atoms with Crippen molar-refractivity contribution >= 4 is 17.2 Å². The number of nitrogens with two attached hydrogens (primary N) is 1. The molecule has 0 saturated carbocycles. The minimum absolute atomic E-state index is 0.271. The van der Waals surface area contributed by atoms with E-state index >= 15 is 0 Å². The van der Waals surface area contributed by atoms with E-state index in [4.69, 9.17) is 15.5 Å². The maximum atomic E-state index is 14.3. The second kappa shape index (κ2) is 7.93. The van der Waals surface area contributed by atoms with Crippen LogP contribution in [0.3, 0.4) is 0 Å². The molecule has 0 radical (unpaired) electrons. The molecule has 2 aromatic heterocycles. The first-order valence-electron chi connectivity index (χ1n) is 9.31. The molecule has 146 valence electrons. The van der Waals surface area contributed by atoms with Crippen LogP contribution in [-0.2, 0) is 18.2 Å². The molecule has 0 bridgehead atoms. The molecular weight excluding hydrogens is 359 g/mol. The average molecular weight is 382 g/mol. The summed E-state index contributed by atoms with van der Waals surface area (Å²) in [5.41, 5.74) is 8.61. The number of aryl methyl sites for hydroxylation is 1. The monoisotopic (exact) mass is 382 g/mol. The van der Waals surface area contributed by atoms with Crippen molar-refractivity contribution in [2.24, 2.45) is 7.05 Å². The number of halogens is 1. The predicted molar refractivity (Wildman–Crippen MR) is 105 cm³/mol. The van der Waals surface area contributed by atoms with E-state index in [9.17, 15) is 4.39 Å². The Balaban J connectivity index is 1.68. The van der Waals surface area contributed by atoms with E-state index in [1.807, 2.05) is 19.4 Å². The quantitative estimate of drug-likeness (QED) is 0.659. The van der Waals surface area contributed by atoms with Crippen molar-refractivity contribution in [1.82, 2.24) is 19.7 Å². The number of hydrogen-bond acceptors (Lipinski definition) is 6. The lowest BCUT2D eigenvalue weighted by atomic mass is 9.93. The third kappa shape index (κ3) is 4.12. The smallest absolute Gasteiger partial charge is 0.146 e. The summed E-state index contributed by atoms with van der Waals surface area (Å²) in [4.78, 5) is 9.26. The van der Waals surface area contributed by atoms with Crippen molar-refractivity contribution in [3.63, 3.8) is 0 Å². The standard InChI is InChI=1S/C20H23FN6O/c1-27-12-13(10-24-27)8-19-23-11-16(14-4-6-28-7-5-14)20(26-19)25-18-9-15(22)2-3-17(18)21/h2-3,9-12,14H,4-8,22H2,1H3,(H,23,25,26). The third-order valence-corrected chi connectivity index (χ3v) is 4.89. The molecule has 3 N–H and O–H groups in total. The first kappa shape index (κ1) is 18.4. The minimum Gasteiger partial charge on any atom is -0.399 e. The van der Waals surface area contributed by atoms with Gasteiger partial charge in [-0.05, 0) is 42.5 Å². The number of hydrogen-bond donors (Lipinski definition) is 2. The fourth-order valence-corrected chi connectivity index (χ4v) is 3.43. The van der Waals surface area contributed by atoms with Gasteiger partial charge in [0.25, 0.3) is 0 Å². The van der Waals surface area contributed by atoms with Gasteiger partial charge < -0.3 is 15.8 Å². The molecule has 1 saturated heterocycles. The second-order valence-corrected chi connectivity index (χ2v) is 7.04. The molecule has 8 heteroatoms. The lowest BCUT2D eigenvalue weighted by Crippen LogP contribution is -2.17. The maximum absolute atomic E-state index is 14.3. The zero-order valence-electron chi connectivity index (χ0n) is 15.7. The van der Waals surface area contributed by atoms with Crippen LogP contribution < -0.4 is 11.1 Å². The van der Waals surface area contributed by atoms with Gasteiger partial charge >= 0.3 is 0 Å². The van der Waals surface area contributed by atoms with Crippen LogP contribution in [0.4, 0.5) is 21.6 Å². The number of rotatable bonds is 5. The highest BCUT2D eigenvalue weighted by Crippen LogP contribution is 2.33. The number of aromatic nitrogens is 4. The van der Waals surface area contributed by atoms with Gasteiger partial charge in [-0.15, -0.1) is 0 Å². The van der Waals surface area contributed by atoms with E-state index in [1.54, 1.807) is 16.9 Å². The number of benzene rings is 1. The molecule has 1 fully saturated rings. The molecule has 4 rings (SSSR count). The molecule has 0 amide bonds. The van der Waals surface area contributed by atoms with E-state index in [0.717, 1.165) is 24.0 Å². The van der Waals surface area contributed by atoms with E-state index in [-0.39, 0.29) is 11.7 Å². The highest BCUT2D eigenvalue weighted by Gasteiger charge is 2.22. The topological polar surface area (TPSA) is 90.9 Å². The Kier molecular flexibility index (Phi) is 5.21. The van der Waals surface area contributed by atoms with Crippen LogP contribution in [0.15, 0.2) is 36.8 Å². The van der Waals surface area contributed by atoms with Crippen molar-refractivity contribution in [1.29, 1.82) is 0 Å². The summed E-state index contributed by atoms with van der Waals surface area (Å²) in [6.07, 6.45) is 7.90. The molecule has 3 heterocycles. The number of nitrogens with one attached hydrogen (secondary N) is 1. The van der Waals surface area contributed by atoms with Crippen molar-refractivity contribution in [2.75, 3.05) is 24.3 Å². The predicted octanol–water partition coefficient (Wildman–Crippen LogP) is 3.16. The number of anilines is 3. The summed E-state index contributed by atoms with van der Waals surface area (Å²) in [5, 5.41) is 7.33. The zero-order valence-corrected chi connectivity index (χ0v) is 15.7. The fourth-order valence-electron chi connectivity index (χ4n) is 3.43. The molecule has 0 spiro atoms. The van der Waals surface area contributed by atoms with Crippen LogP contribution in [0, 0.1) is 5.82 Å². The second-order valence-electron chi connectivity index (χ2n) is 7.04.